The quantitative estimate of drug-likeness (QED) is 0.0711. The van der Waals surface area contributed by atoms with E-state index in [-0.39, 0.29) is 7.25 Å². The van der Waals surface area contributed by atoms with Crippen LogP contribution >= 0.6 is 17.0 Å². The molecule has 6 aromatic rings. The molecular formula is C58H65Cl2SiZr. The number of aryl methyl sites for hydroxylation is 4. The fraction of sp³-hybridized carbons (Fsp3) is 0.310. The van der Waals surface area contributed by atoms with E-state index in [1.54, 1.807) is 0 Å². The van der Waals surface area contributed by atoms with Gasteiger partial charge in [0.25, 0.3) is 0 Å². The molecule has 8 rings (SSSR count). The molecule has 319 valence electrons. The SMILES string of the molecule is CCCCCC1=Cc2c(-c3ccc(C)cc3)ccc(-c3ccc(C)cc3)c2[CH]1[Zr]([Cl])([Cl])([CH]1C(CCCCC)=Cc2c(-c3ccc(C)cc3)ccc(-c3ccc(C)cc3)c21)[SiH](C)C. The van der Waals surface area contributed by atoms with Gasteiger partial charge in [0.15, 0.2) is 0 Å². The summed E-state index contributed by atoms with van der Waals surface area (Å²) in [6.07, 6.45) is 14.2. The van der Waals surface area contributed by atoms with Crippen LogP contribution < -0.4 is 0 Å². The van der Waals surface area contributed by atoms with Crippen LogP contribution in [0.4, 0.5) is 0 Å². The predicted molar refractivity (Wildman–Crippen MR) is 274 cm³/mol. The summed E-state index contributed by atoms with van der Waals surface area (Å²) < 4.78 is -0.0288. The zero-order valence-electron chi connectivity index (χ0n) is 38.3. The second kappa shape index (κ2) is 18.5. The third-order valence-electron chi connectivity index (χ3n) is 14.3. The molecule has 0 aliphatic heterocycles. The average Bonchev–Trinajstić information content (AvgIpc) is 3.86. The number of hydrogen-bond acceptors (Lipinski definition) is 0. The van der Waals surface area contributed by atoms with E-state index in [0.29, 0.717) is 0 Å². The van der Waals surface area contributed by atoms with Gasteiger partial charge in [0.2, 0.25) is 0 Å². The van der Waals surface area contributed by atoms with E-state index in [9.17, 15) is 17.0 Å². The number of halogens is 2. The first-order chi connectivity index (χ1) is 29.8. The van der Waals surface area contributed by atoms with Crippen molar-refractivity contribution in [2.45, 2.75) is 113 Å². The fourth-order valence-corrected chi connectivity index (χ4v) is 42.0. The molecule has 6 aromatic carbocycles. The second-order valence-corrected chi connectivity index (χ2v) is 61.5. The standard InChI is InChI=1S/2C28H29.C2H7Si.2ClH.Zr/c2*1-4-5-6-7-22-18-27-25(23-12-8-20(2)9-13-23)16-17-26(28(27)19-22)24-14-10-21(3)11-15-24;1-3-2;;;/h2*8-19H,4-7H2,1-3H3;3H,1-2H3;2*1H;/q;;;;;+2/p-2. The van der Waals surface area contributed by atoms with Gasteiger partial charge in [0.1, 0.15) is 0 Å². The van der Waals surface area contributed by atoms with Crippen LogP contribution in [0.15, 0.2) is 132 Å². The van der Waals surface area contributed by atoms with Crippen molar-refractivity contribution in [3.8, 4) is 44.5 Å². The molecule has 0 bridgehead atoms. The summed E-state index contributed by atoms with van der Waals surface area (Å²) in [4.78, 5) is 0. The van der Waals surface area contributed by atoms with Gasteiger partial charge in [0, 0.05) is 0 Å². The summed E-state index contributed by atoms with van der Waals surface area (Å²) in [6.45, 7) is 18.4. The Bertz CT molecular complexity index is 2450. The molecule has 2 unspecified atom stereocenters. The Labute approximate surface area is 382 Å². The summed E-state index contributed by atoms with van der Waals surface area (Å²) in [5.41, 5.74) is 23.6. The summed E-state index contributed by atoms with van der Waals surface area (Å²) in [7, 11) is 18.8. The normalized spacial score (nSPS) is 16.5. The van der Waals surface area contributed by atoms with Crippen molar-refractivity contribution in [3.05, 3.63) is 177 Å². The summed E-state index contributed by atoms with van der Waals surface area (Å²) >= 11 is -5.32. The van der Waals surface area contributed by atoms with Crippen LogP contribution in [0.3, 0.4) is 0 Å². The molecule has 0 N–H and O–H groups in total. The number of hydrogen-bond donors (Lipinski definition) is 0. The Morgan fingerprint density at radius 1 is 0.419 bits per heavy atom. The minimum absolute atomic E-state index is 0.0144. The van der Waals surface area contributed by atoms with Gasteiger partial charge in [-0.2, -0.15) is 0 Å². The molecule has 0 saturated heterocycles. The monoisotopic (exact) mass is 949 g/mol. The Hall–Kier alpha value is -3.52. The van der Waals surface area contributed by atoms with Crippen LogP contribution in [-0.4, -0.2) is 5.92 Å². The second-order valence-electron chi connectivity index (χ2n) is 19.0. The van der Waals surface area contributed by atoms with Crippen molar-refractivity contribution in [1.82, 2.24) is 0 Å². The van der Waals surface area contributed by atoms with E-state index in [1.807, 2.05) is 0 Å². The van der Waals surface area contributed by atoms with Gasteiger partial charge in [-0.15, -0.1) is 0 Å². The first-order valence-electron chi connectivity index (χ1n) is 23.4. The van der Waals surface area contributed by atoms with Crippen LogP contribution in [0.2, 0.25) is 13.1 Å². The molecule has 0 saturated carbocycles. The Morgan fingerprint density at radius 2 is 0.710 bits per heavy atom. The molecule has 2 aliphatic rings. The molecule has 0 fully saturated rings. The van der Waals surface area contributed by atoms with Crippen LogP contribution in [0, 0.1) is 27.7 Å². The van der Waals surface area contributed by atoms with E-state index < -0.39 is 21.5 Å². The topological polar surface area (TPSA) is 0 Å². The molecular weight excluding hydrogens is 887 g/mol. The van der Waals surface area contributed by atoms with Gasteiger partial charge in [-0.05, 0) is 0 Å². The number of unbranched alkanes of at least 4 members (excludes halogenated alkanes) is 4. The molecule has 62 heavy (non-hydrogen) atoms. The van der Waals surface area contributed by atoms with Gasteiger partial charge in [0.05, 0.1) is 0 Å². The van der Waals surface area contributed by atoms with E-state index in [4.69, 9.17) is 0 Å². The molecule has 2 atom stereocenters. The van der Waals surface area contributed by atoms with Crippen molar-refractivity contribution in [3.63, 3.8) is 0 Å². The van der Waals surface area contributed by atoms with Gasteiger partial charge >= 0.3 is 385 Å². The summed E-state index contributed by atoms with van der Waals surface area (Å²) in [6, 6.07) is 46.2. The molecule has 0 heterocycles. The van der Waals surface area contributed by atoms with Gasteiger partial charge in [-0.1, -0.05) is 0 Å². The van der Waals surface area contributed by atoms with Gasteiger partial charge < -0.3 is 0 Å². The van der Waals surface area contributed by atoms with Gasteiger partial charge in [-0.25, -0.2) is 0 Å². The van der Waals surface area contributed by atoms with E-state index >= 15 is 0 Å². The number of fused-ring (bicyclic) bond motifs is 2. The number of rotatable bonds is 15. The van der Waals surface area contributed by atoms with Crippen LogP contribution in [0.5, 0.6) is 0 Å². The molecule has 0 radical (unpaired) electrons. The molecule has 0 spiro atoms. The van der Waals surface area contributed by atoms with Crippen molar-refractivity contribution >= 4 is 35.1 Å². The van der Waals surface area contributed by atoms with Crippen molar-refractivity contribution in [2.24, 2.45) is 0 Å². The molecule has 2 aliphatic carbocycles. The van der Waals surface area contributed by atoms with Crippen molar-refractivity contribution < 1.29 is 15.6 Å². The van der Waals surface area contributed by atoms with E-state index in [1.165, 1.54) is 126 Å². The Kier molecular flexibility index (Phi) is 13.5. The van der Waals surface area contributed by atoms with E-state index in [0.717, 1.165) is 25.7 Å². The zero-order chi connectivity index (χ0) is 43.8. The third-order valence-corrected chi connectivity index (χ3v) is 66.1. The minimum atomic E-state index is -5.32. The van der Waals surface area contributed by atoms with Crippen molar-refractivity contribution in [1.29, 1.82) is 0 Å². The predicted octanol–water partition coefficient (Wildman–Crippen LogP) is 18.3. The zero-order valence-corrected chi connectivity index (χ0v) is 43.5. The maximum atomic E-state index is 9.38. The molecule has 0 amide bonds. The van der Waals surface area contributed by atoms with Gasteiger partial charge in [-0.3, -0.25) is 0 Å². The summed E-state index contributed by atoms with van der Waals surface area (Å²) in [5.74, 6) is -1.88. The molecule has 0 nitrogen and oxygen atoms in total. The summed E-state index contributed by atoms with van der Waals surface area (Å²) in [5, 5.41) is 0. The van der Waals surface area contributed by atoms with E-state index in [2.05, 4.69) is 188 Å². The number of allylic oxidation sites excluding steroid dienone is 2. The molecule has 4 heteroatoms. The third kappa shape index (κ3) is 8.33. The molecule has 0 aromatic heterocycles. The average molecular weight is 952 g/mol. The van der Waals surface area contributed by atoms with Crippen LogP contribution in [0.1, 0.15) is 117 Å². The Balaban J connectivity index is 1.47. The van der Waals surface area contributed by atoms with Crippen LogP contribution in [-0.2, 0) is 15.6 Å². The Morgan fingerprint density at radius 3 is 1.00 bits per heavy atom. The maximum absolute atomic E-state index is 9.38. The first-order valence-corrected chi connectivity index (χ1v) is 39.7. The van der Waals surface area contributed by atoms with Crippen molar-refractivity contribution in [2.75, 3.05) is 0 Å². The van der Waals surface area contributed by atoms with Crippen LogP contribution in [0.25, 0.3) is 56.7 Å². The number of benzene rings is 6. The fourth-order valence-electron chi connectivity index (χ4n) is 10.7. The first kappa shape index (κ1) is 45.1.